The largest absolute Gasteiger partial charge is 0.573 e. The van der Waals surface area contributed by atoms with Crippen molar-refractivity contribution in [2.75, 3.05) is 32.1 Å². The van der Waals surface area contributed by atoms with Crippen molar-refractivity contribution in [2.24, 2.45) is 0 Å². The van der Waals surface area contributed by atoms with Crippen LogP contribution in [0.4, 0.5) is 19.0 Å². The van der Waals surface area contributed by atoms with E-state index in [9.17, 15) is 13.2 Å². The van der Waals surface area contributed by atoms with Gasteiger partial charge in [0.1, 0.15) is 23.0 Å². The van der Waals surface area contributed by atoms with Crippen LogP contribution in [0, 0.1) is 6.92 Å². The van der Waals surface area contributed by atoms with Crippen molar-refractivity contribution in [1.29, 1.82) is 0 Å². The quantitative estimate of drug-likeness (QED) is 0.342. The number of anilines is 1. The second kappa shape index (κ2) is 10.5. The number of hydrogen-bond donors (Lipinski definition) is 0. The third-order valence-electron chi connectivity index (χ3n) is 6.86. The fourth-order valence-electron chi connectivity index (χ4n) is 4.73. The molecule has 4 heterocycles. The maximum Gasteiger partial charge on any atom is 0.573 e. The summed E-state index contributed by atoms with van der Waals surface area (Å²) in [5, 5.41) is 4.76. The van der Waals surface area contributed by atoms with E-state index in [-0.39, 0.29) is 5.75 Å². The van der Waals surface area contributed by atoms with Crippen LogP contribution in [0.25, 0.3) is 17.1 Å². The molecule has 0 unspecified atom stereocenters. The Hall–Kier alpha value is -3.86. The third-order valence-corrected chi connectivity index (χ3v) is 6.86. The average Bonchev–Trinajstić information content (AvgIpc) is 3.51. The number of rotatable bonds is 7. The van der Waals surface area contributed by atoms with Crippen molar-refractivity contribution in [2.45, 2.75) is 38.7 Å². The molecule has 1 saturated heterocycles. The van der Waals surface area contributed by atoms with E-state index in [0.717, 1.165) is 48.7 Å². The lowest BCUT2D eigenvalue weighted by molar-refractivity contribution is -0.274. The fourth-order valence-corrected chi connectivity index (χ4v) is 4.73. The molecule has 0 spiro atoms. The van der Waals surface area contributed by atoms with E-state index in [0.29, 0.717) is 24.0 Å². The van der Waals surface area contributed by atoms with Gasteiger partial charge in [0.15, 0.2) is 0 Å². The van der Waals surface area contributed by atoms with Gasteiger partial charge in [0.2, 0.25) is 0 Å². The molecule has 1 aliphatic rings. The summed E-state index contributed by atoms with van der Waals surface area (Å²) in [7, 11) is 4.28. The number of aromatic nitrogens is 5. The number of nitrogens with zero attached hydrogens (tertiary/aromatic N) is 7. The van der Waals surface area contributed by atoms with Gasteiger partial charge >= 0.3 is 6.36 Å². The predicted molar refractivity (Wildman–Crippen MR) is 138 cm³/mol. The SMILES string of the molecule is Cc1cc(-c2cn(-c3ccc(OC(F)(F)F)cc3)cn2)nn1Cc1ccnc(N2CCC(N(C)C)CC2)c1. The Morgan fingerprint density at radius 3 is 2.42 bits per heavy atom. The van der Waals surface area contributed by atoms with E-state index in [4.69, 9.17) is 5.10 Å². The van der Waals surface area contributed by atoms with Gasteiger partial charge < -0.3 is 19.1 Å². The van der Waals surface area contributed by atoms with Gasteiger partial charge in [0, 0.05) is 42.9 Å². The number of pyridine rings is 1. The van der Waals surface area contributed by atoms with Gasteiger partial charge in [-0.15, -0.1) is 13.2 Å². The normalized spacial score (nSPS) is 14.9. The zero-order valence-electron chi connectivity index (χ0n) is 21.6. The Balaban J connectivity index is 1.27. The Morgan fingerprint density at radius 2 is 1.74 bits per heavy atom. The highest BCUT2D eigenvalue weighted by Crippen LogP contribution is 2.25. The van der Waals surface area contributed by atoms with Crippen molar-refractivity contribution < 1.29 is 17.9 Å². The van der Waals surface area contributed by atoms with Crippen molar-refractivity contribution >= 4 is 5.82 Å². The molecule has 0 aliphatic carbocycles. The van der Waals surface area contributed by atoms with Gasteiger partial charge in [0.25, 0.3) is 0 Å². The van der Waals surface area contributed by atoms with Crippen molar-refractivity contribution in [1.82, 2.24) is 29.2 Å². The van der Waals surface area contributed by atoms with Crippen LogP contribution in [0.1, 0.15) is 24.1 Å². The molecule has 4 aromatic rings. The van der Waals surface area contributed by atoms with E-state index in [1.54, 1.807) is 29.2 Å². The minimum Gasteiger partial charge on any atom is -0.406 e. The lowest BCUT2D eigenvalue weighted by atomic mass is 10.0. The number of alkyl halides is 3. The molecule has 38 heavy (non-hydrogen) atoms. The van der Waals surface area contributed by atoms with Gasteiger partial charge in [-0.3, -0.25) is 4.68 Å². The molecular weight excluding hydrogens is 495 g/mol. The summed E-state index contributed by atoms with van der Waals surface area (Å²) in [5.41, 5.74) is 4.16. The lowest BCUT2D eigenvalue weighted by Crippen LogP contribution is -2.42. The van der Waals surface area contributed by atoms with Crippen LogP contribution in [0.3, 0.4) is 0 Å². The number of halogens is 3. The fraction of sp³-hybridized carbons (Fsp3) is 0.370. The van der Waals surface area contributed by atoms with Crippen molar-refractivity contribution in [3.8, 4) is 22.8 Å². The first-order valence-corrected chi connectivity index (χ1v) is 12.5. The highest BCUT2D eigenvalue weighted by atomic mass is 19.4. The van der Waals surface area contributed by atoms with E-state index in [2.05, 4.69) is 44.7 Å². The van der Waals surface area contributed by atoms with Gasteiger partial charge in [0.05, 0.1) is 12.9 Å². The van der Waals surface area contributed by atoms with Crippen LogP contribution < -0.4 is 9.64 Å². The number of hydrogen-bond acceptors (Lipinski definition) is 6. The molecule has 0 radical (unpaired) electrons. The predicted octanol–water partition coefficient (Wildman–Crippen LogP) is 4.92. The molecule has 0 atom stereocenters. The molecule has 1 fully saturated rings. The van der Waals surface area contributed by atoms with E-state index < -0.39 is 6.36 Å². The zero-order chi connectivity index (χ0) is 26.9. The minimum absolute atomic E-state index is 0.270. The molecule has 11 heteroatoms. The van der Waals surface area contributed by atoms with E-state index in [1.165, 1.54) is 12.1 Å². The van der Waals surface area contributed by atoms with Crippen molar-refractivity contribution in [3.63, 3.8) is 0 Å². The maximum absolute atomic E-state index is 12.4. The summed E-state index contributed by atoms with van der Waals surface area (Å²) in [6.45, 7) is 4.59. The molecular formula is C27H30F3N7O. The van der Waals surface area contributed by atoms with Gasteiger partial charge in [-0.1, -0.05) is 0 Å². The molecule has 0 bridgehead atoms. The monoisotopic (exact) mass is 525 g/mol. The highest BCUT2D eigenvalue weighted by Gasteiger charge is 2.31. The van der Waals surface area contributed by atoms with Gasteiger partial charge in [-0.05, 0) is 81.9 Å². The number of imidazole rings is 1. The second-order valence-electron chi connectivity index (χ2n) is 9.74. The molecule has 0 N–H and O–H groups in total. The molecule has 3 aromatic heterocycles. The topological polar surface area (TPSA) is 64.2 Å². The lowest BCUT2D eigenvalue weighted by Gasteiger charge is -2.35. The summed E-state index contributed by atoms with van der Waals surface area (Å²) in [6, 6.07) is 12.4. The number of ether oxygens (including phenoxy) is 1. The van der Waals surface area contributed by atoms with Crippen LogP contribution in [-0.2, 0) is 6.54 Å². The Kier molecular flexibility index (Phi) is 7.11. The molecule has 0 amide bonds. The smallest absolute Gasteiger partial charge is 0.406 e. The summed E-state index contributed by atoms with van der Waals surface area (Å²) in [6.07, 6.45) is 2.79. The number of aryl methyl sites for hydroxylation is 1. The summed E-state index contributed by atoms with van der Waals surface area (Å²) in [4.78, 5) is 13.7. The summed E-state index contributed by atoms with van der Waals surface area (Å²) < 4.78 is 44.9. The number of piperidine rings is 1. The first-order valence-electron chi connectivity index (χ1n) is 12.5. The Labute approximate surface area is 219 Å². The minimum atomic E-state index is -4.72. The zero-order valence-corrected chi connectivity index (χ0v) is 21.6. The number of benzene rings is 1. The first-order chi connectivity index (χ1) is 18.1. The first kappa shape index (κ1) is 25.8. The summed E-state index contributed by atoms with van der Waals surface area (Å²) >= 11 is 0. The third kappa shape index (κ3) is 5.99. The van der Waals surface area contributed by atoms with E-state index >= 15 is 0 Å². The molecule has 1 aliphatic heterocycles. The molecule has 8 nitrogen and oxygen atoms in total. The van der Waals surface area contributed by atoms with Crippen LogP contribution in [-0.4, -0.2) is 68.8 Å². The maximum atomic E-state index is 12.4. The molecule has 1 aromatic carbocycles. The average molecular weight is 526 g/mol. The van der Waals surface area contributed by atoms with E-state index in [1.807, 2.05) is 29.9 Å². The van der Waals surface area contributed by atoms with Crippen LogP contribution >= 0.6 is 0 Å². The Bertz CT molecular complexity index is 1370. The van der Waals surface area contributed by atoms with Gasteiger partial charge in [-0.25, -0.2) is 9.97 Å². The van der Waals surface area contributed by atoms with Crippen molar-refractivity contribution in [3.05, 3.63) is 72.4 Å². The van der Waals surface area contributed by atoms with Crippen LogP contribution in [0.15, 0.2) is 61.2 Å². The van der Waals surface area contributed by atoms with Crippen LogP contribution in [0.2, 0.25) is 0 Å². The Morgan fingerprint density at radius 1 is 1.00 bits per heavy atom. The van der Waals surface area contributed by atoms with Crippen LogP contribution in [0.5, 0.6) is 5.75 Å². The highest BCUT2D eigenvalue weighted by molar-refractivity contribution is 5.55. The molecule has 200 valence electrons. The second-order valence-corrected chi connectivity index (χ2v) is 9.74. The standard InChI is InChI=1S/C27H30F3N7O/c1-19-14-24(25-17-36(18-32-25)22-4-6-23(7-5-22)38-27(28,29)30)33-37(19)16-20-8-11-31-26(15-20)35-12-9-21(10-13-35)34(2)3/h4-8,11,14-15,17-18,21H,9-10,12-13,16H2,1-3H3. The summed E-state index contributed by atoms with van der Waals surface area (Å²) in [5.74, 6) is 0.725. The molecule has 5 rings (SSSR count). The van der Waals surface area contributed by atoms with Gasteiger partial charge in [-0.2, -0.15) is 5.10 Å². The molecule has 0 saturated carbocycles.